The molecule has 3 amide bonds. The van der Waals surface area contributed by atoms with Gasteiger partial charge in [-0.15, -0.1) is 0 Å². The summed E-state index contributed by atoms with van der Waals surface area (Å²) in [7, 11) is 1.87. The highest BCUT2D eigenvalue weighted by Gasteiger charge is 2.32. The van der Waals surface area contributed by atoms with Gasteiger partial charge in [0.15, 0.2) is 0 Å². The molecular formula is C23H34N4O3. The van der Waals surface area contributed by atoms with E-state index in [1.807, 2.05) is 21.7 Å². The molecule has 0 N–H and O–H groups in total. The number of hydrogen-bond acceptors (Lipinski definition) is 4. The Morgan fingerprint density at radius 2 is 1.63 bits per heavy atom. The SMILES string of the molecule is CN(Cc1ccc(N2CCOCC2)cc1)C(=O)[C@H]1CCCN(C(=O)N2CCCC2)C1. The third-order valence-corrected chi connectivity index (χ3v) is 6.53. The van der Waals surface area contributed by atoms with Gasteiger partial charge in [-0.25, -0.2) is 4.79 Å². The Kier molecular flexibility index (Phi) is 6.77. The Morgan fingerprint density at radius 1 is 0.967 bits per heavy atom. The second-order valence-electron chi connectivity index (χ2n) is 8.72. The van der Waals surface area contributed by atoms with Gasteiger partial charge in [0.1, 0.15) is 0 Å². The summed E-state index contributed by atoms with van der Waals surface area (Å²) in [4.78, 5) is 33.7. The fraction of sp³-hybridized carbons (Fsp3) is 0.652. The highest BCUT2D eigenvalue weighted by Crippen LogP contribution is 2.23. The summed E-state index contributed by atoms with van der Waals surface area (Å²) >= 11 is 0. The number of carbonyl (C=O) groups excluding carboxylic acids is 2. The number of carbonyl (C=O) groups is 2. The van der Waals surface area contributed by atoms with E-state index in [0.717, 1.165) is 77.2 Å². The second-order valence-corrected chi connectivity index (χ2v) is 8.72. The maximum atomic E-state index is 13.1. The van der Waals surface area contributed by atoms with Crippen LogP contribution >= 0.6 is 0 Å². The van der Waals surface area contributed by atoms with E-state index >= 15 is 0 Å². The average Bonchev–Trinajstić information content (AvgIpc) is 3.34. The molecule has 3 heterocycles. The van der Waals surface area contributed by atoms with Gasteiger partial charge in [-0.1, -0.05) is 12.1 Å². The van der Waals surface area contributed by atoms with Crippen molar-refractivity contribution in [3.8, 4) is 0 Å². The number of hydrogen-bond donors (Lipinski definition) is 0. The lowest BCUT2D eigenvalue weighted by molar-refractivity contribution is -0.136. The van der Waals surface area contributed by atoms with Crippen LogP contribution in [0.3, 0.4) is 0 Å². The van der Waals surface area contributed by atoms with E-state index in [9.17, 15) is 9.59 Å². The van der Waals surface area contributed by atoms with Crippen molar-refractivity contribution in [1.82, 2.24) is 14.7 Å². The van der Waals surface area contributed by atoms with Crippen LogP contribution in [0.25, 0.3) is 0 Å². The summed E-state index contributed by atoms with van der Waals surface area (Å²) in [6.45, 7) is 7.02. The molecule has 7 nitrogen and oxygen atoms in total. The number of anilines is 1. The molecule has 3 aliphatic heterocycles. The van der Waals surface area contributed by atoms with Gasteiger partial charge in [0.05, 0.1) is 19.1 Å². The third kappa shape index (κ3) is 4.89. The zero-order valence-electron chi connectivity index (χ0n) is 18.1. The van der Waals surface area contributed by atoms with Crippen LogP contribution in [0.15, 0.2) is 24.3 Å². The Hall–Kier alpha value is -2.28. The van der Waals surface area contributed by atoms with Crippen LogP contribution < -0.4 is 4.90 Å². The van der Waals surface area contributed by atoms with Gasteiger partial charge in [0.25, 0.3) is 0 Å². The van der Waals surface area contributed by atoms with Crippen molar-refractivity contribution in [1.29, 1.82) is 0 Å². The molecule has 0 aromatic heterocycles. The molecular weight excluding hydrogens is 380 g/mol. The lowest BCUT2D eigenvalue weighted by atomic mass is 9.96. The van der Waals surface area contributed by atoms with Gasteiger partial charge >= 0.3 is 6.03 Å². The average molecular weight is 415 g/mol. The number of morpholine rings is 1. The Morgan fingerprint density at radius 3 is 2.33 bits per heavy atom. The molecule has 0 aliphatic carbocycles. The van der Waals surface area contributed by atoms with Crippen molar-refractivity contribution in [2.45, 2.75) is 32.2 Å². The molecule has 0 radical (unpaired) electrons. The standard InChI is InChI=1S/C23H34N4O3/c1-24(17-19-6-8-21(9-7-19)25-13-15-30-16-14-25)22(28)20-5-4-12-27(18-20)23(29)26-10-2-3-11-26/h6-9,20H,2-5,10-18H2,1H3/t20-/m0/s1. The lowest BCUT2D eigenvalue weighted by Crippen LogP contribution is -2.49. The summed E-state index contributed by atoms with van der Waals surface area (Å²) in [5, 5.41) is 0. The fourth-order valence-corrected chi connectivity index (χ4v) is 4.76. The molecule has 0 saturated carbocycles. The monoisotopic (exact) mass is 414 g/mol. The van der Waals surface area contributed by atoms with Crippen molar-refractivity contribution in [3.63, 3.8) is 0 Å². The maximum Gasteiger partial charge on any atom is 0.320 e. The van der Waals surface area contributed by atoms with E-state index in [1.54, 1.807) is 0 Å². The number of piperidine rings is 1. The summed E-state index contributed by atoms with van der Waals surface area (Å²) in [6.07, 6.45) is 3.95. The predicted molar refractivity (Wildman–Crippen MR) is 116 cm³/mol. The molecule has 3 aliphatic rings. The first-order valence-corrected chi connectivity index (χ1v) is 11.3. The number of ether oxygens (including phenoxy) is 1. The van der Waals surface area contributed by atoms with Crippen LogP contribution in [0.5, 0.6) is 0 Å². The normalized spacial score (nSPS) is 22.3. The van der Waals surface area contributed by atoms with E-state index in [2.05, 4.69) is 29.2 Å². The number of rotatable bonds is 4. The Bertz CT molecular complexity index is 726. The molecule has 3 saturated heterocycles. The van der Waals surface area contributed by atoms with Gasteiger partial charge in [-0.05, 0) is 43.4 Å². The minimum atomic E-state index is -0.0945. The minimum absolute atomic E-state index is 0.0945. The van der Waals surface area contributed by atoms with Crippen molar-refractivity contribution >= 4 is 17.6 Å². The van der Waals surface area contributed by atoms with Crippen LogP contribution in [-0.4, -0.2) is 86.2 Å². The largest absolute Gasteiger partial charge is 0.378 e. The summed E-state index contributed by atoms with van der Waals surface area (Å²) in [5.74, 6) is 0.0501. The van der Waals surface area contributed by atoms with Crippen molar-refractivity contribution in [3.05, 3.63) is 29.8 Å². The molecule has 1 aromatic carbocycles. The van der Waals surface area contributed by atoms with Gasteiger partial charge in [-0.2, -0.15) is 0 Å². The van der Waals surface area contributed by atoms with E-state index < -0.39 is 0 Å². The molecule has 30 heavy (non-hydrogen) atoms. The van der Waals surface area contributed by atoms with Gasteiger partial charge in [-0.3, -0.25) is 4.79 Å². The topological polar surface area (TPSA) is 56.3 Å². The Labute approximate surface area is 179 Å². The smallest absolute Gasteiger partial charge is 0.320 e. The van der Waals surface area contributed by atoms with Crippen molar-refractivity contribution in [2.75, 3.05) is 64.4 Å². The van der Waals surface area contributed by atoms with Crippen LogP contribution in [0.1, 0.15) is 31.2 Å². The first kappa shape index (κ1) is 21.0. The zero-order chi connectivity index (χ0) is 20.9. The molecule has 0 bridgehead atoms. The lowest BCUT2D eigenvalue weighted by Gasteiger charge is -2.36. The molecule has 7 heteroatoms. The third-order valence-electron chi connectivity index (χ3n) is 6.53. The number of nitrogens with zero attached hydrogens (tertiary/aromatic N) is 4. The predicted octanol–water partition coefficient (Wildman–Crippen LogP) is 2.41. The van der Waals surface area contributed by atoms with Crippen molar-refractivity contribution < 1.29 is 14.3 Å². The van der Waals surface area contributed by atoms with E-state index in [1.165, 1.54) is 5.69 Å². The van der Waals surface area contributed by atoms with E-state index in [0.29, 0.717) is 13.1 Å². The number of urea groups is 1. The van der Waals surface area contributed by atoms with Gasteiger partial charge in [0.2, 0.25) is 5.91 Å². The molecule has 164 valence electrons. The van der Waals surface area contributed by atoms with Crippen LogP contribution in [-0.2, 0) is 16.1 Å². The number of benzene rings is 1. The van der Waals surface area contributed by atoms with Crippen LogP contribution in [0.4, 0.5) is 10.5 Å². The van der Waals surface area contributed by atoms with E-state index in [-0.39, 0.29) is 17.9 Å². The van der Waals surface area contributed by atoms with Gasteiger partial charge < -0.3 is 24.3 Å². The van der Waals surface area contributed by atoms with E-state index in [4.69, 9.17) is 4.74 Å². The number of likely N-dealkylation sites (tertiary alicyclic amines) is 2. The van der Waals surface area contributed by atoms with Crippen LogP contribution in [0, 0.1) is 5.92 Å². The summed E-state index contributed by atoms with van der Waals surface area (Å²) in [6, 6.07) is 8.61. The molecule has 0 spiro atoms. The molecule has 3 fully saturated rings. The summed E-state index contributed by atoms with van der Waals surface area (Å²) in [5.41, 5.74) is 2.34. The van der Waals surface area contributed by atoms with Crippen LogP contribution in [0.2, 0.25) is 0 Å². The van der Waals surface area contributed by atoms with Crippen molar-refractivity contribution in [2.24, 2.45) is 5.92 Å². The number of amides is 3. The highest BCUT2D eigenvalue weighted by atomic mass is 16.5. The highest BCUT2D eigenvalue weighted by molar-refractivity contribution is 5.81. The maximum absolute atomic E-state index is 13.1. The minimum Gasteiger partial charge on any atom is -0.378 e. The first-order valence-electron chi connectivity index (χ1n) is 11.3. The Balaban J connectivity index is 1.31. The fourth-order valence-electron chi connectivity index (χ4n) is 4.76. The molecule has 1 aromatic rings. The first-order chi connectivity index (χ1) is 14.6. The summed E-state index contributed by atoms with van der Waals surface area (Å²) < 4.78 is 5.42. The zero-order valence-corrected chi connectivity index (χ0v) is 18.1. The quantitative estimate of drug-likeness (QED) is 0.759. The molecule has 1 atom stereocenters. The second kappa shape index (κ2) is 9.69. The molecule has 4 rings (SSSR count). The van der Waals surface area contributed by atoms with Gasteiger partial charge in [0, 0.05) is 58.5 Å². The molecule has 0 unspecified atom stereocenters.